The number of nitrogens with one attached hydrogen (secondary N) is 2. The van der Waals surface area contributed by atoms with Crippen LogP contribution in [0.4, 0.5) is 0 Å². The highest BCUT2D eigenvalue weighted by molar-refractivity contribution is 5.12. The standard InChI is InChI=1S/C23H39N3/c1-21-10-16(11-21)14-26(21)15-23-6-3-17(4-7-23)20(13-25-23)18-9-19-5-8-24-22(19,2)12-18/h16-20,24-25H,3-15H2,1-2H3. The SMILES string of the molecule is CC12CC(C3CNC4(CN5CC6CC5(C)C6)CCC3CC4)CC1CCN2. The van der Waals surface area contributed by atoms with Crippen LogP contribution in [-0.4, -0.2) is 47.7 Å². The van der Waals surface area contributed by atoms with Crippen molar-refractivity contribution in [3.8, 4) is 0 Å². The molecule has 3 nitrogen and oxygen atoms in total. The van der Waals surface area contributed by atoms with Gasteiger partial charge in [-0.05, 0) is 114 Å². The Balaban J connectivity index is 1.16. The Morgan fingerprint density at radius 3 is 2.46 bits per heavy atom. The van der Waals surface area contributed by atoms with Crippen LogP contribution in [0.3, 0.4) is 0 Å². The maximum absolute atomic E-state index is 4.21. The summed E-state index contributed by atoms with van der Waals surface area (Å²) in [6.07, 6.45) is 13.2. The van der Waals surface area contributed by atoms with E-state index < -0.39 is 0 Å². The van der Waals surface area contributed by atoms with Crippen LogP contribution in [-0.2, 0) is 0 Å². The summed E-state index contributed by atoms with van der Waals surface area (Å²) < 4.78 is 0. The van der Waals surface area contributed by atoms with Gasteiger partial charge in [0, 0.05) is 29.7 Å². The van der Waals surface area contributed by atoms with Crippen LogP contribution in [0, 0.1) is 29.6 Å². The van der Waals surface area contributed by atoms with Gasteiger partial charge in [0.15, 0.2) is 0 Å². The summed E-state index contributed by atoms with van der Waals surface area (Å²) in [6.45, 7) is 10.4. The van der Waals surface area contributed by atoms with E-state index in [-0.39, 0.29) is 0 Å². The van der Waals surface area contributed by atoms with Gasteiger partial charge < -0.3 is 10.6 Å². The zero-order chi connectivity index (χ0) is 17.6. The molecule has 8 rings (SSSR count). The van der Waals surface area contributed by atoms with Crippen molar-refractivity contribution in [2.75, 3.05) is 26.2 Å². The van der Waals surface area contributed by atoms with E-state index in [4.69, 9.17) is 0 Å². The molecule has 4 unspecified atom stereocenters. The smallest absolute Gasteiger partial charge is 0.0309 e. The van der Waals surface area contributed by atoms with E-state index in [1.165, 1.54) is 84.0 Å². The maximum atomic E-state index is 4.21. The highest BCUT2D eigenvalue weighted by atomic mass is 15.3. The van der Waals surface area contributed by atoms with Gasteiger partial charge in [0.25, 0.3) is 0 Å². The largest absolute Gasteiger partial charge is 0.311 e. The molecule has 26 heavy (non-hydrogen) atoms. The molecule has 0 radical (unpaired) electrons. The molecule has 2 N–H and O–H groups in total. The lowest BCUT2D eigenvalue weighted by atomic mass is 9.70. The van der Waals surface area contributed by atoms with E-state index in [2.05, 4.69) is 29.4 Å². The summed E-state index contributed by atoms with van der Waals surface area (Å²) >= 11 is 0. The normalized spacial score (nSPS) is 58.6. The summed E-state index contributed by atoms with van der Waals surface area (Å²) in [5.74, 6) is 4.91. The highest BCUT2D eigenvalue weighted by Crippen LogP contribution is 2.54. The molecule has 5 aliphatic heterocycles. The Morgan fingerprint density at radius 1 is 0.962 bits per heavy atom. The Hall–Kier alpha value is -0.120. The Morgan fingerprint density at radius 2 is 1.77 bits per heavy atom. The molecule has 0 spiro atoms. The lowest BCUT2D eigenvalue weighted by Gasteiger charge is -2.45. The van der Waals surface area contributed by atoms with E-state index in [9.17, 15) is 0 Å². The maximum Gasteiger partial charge on any atom is 0.0309 e. The monoisotopic (exact) mass is 357 g/mol. The van der Waals surface area contributed by atoms with Gasteiger partial charge in [0.2, 0.25) is 0 Å². The van der Waals surface area contributed by atoms with Crippen molar-refractivity contribution in [3.05, 3.63) is 0 Å². The minimum absolute atomic E-state index is 0.447. The third kappa shape index (κ3) is 2.35. The van der Waals surface area contributed by atoms with Crippen LogP contribution >= 0.6 is 0 Å². The van der Waals surface area contributed by atoms with Gasteiger partial charge in [0.1, 0.15) is 0 Å². The van der Waals surface area contributed by atoms with Crippen LogP contribution < -0.4 is 10.6 Å². The summed E-state index contributed by atoms with van der Waals surface area (Å²) in [4.78, 5) is 2.89. The van der Waals surface area contributed by atoms with Crippen LogP contribution in [0.5, 0.6) is 0 Å². The van der Waals surface area contributed by atoms with E-state index in [0.717, 1.165) is 29.6 Å². The van der Waals surface area contributed by atoms with E-state index in [1.807, 2.05) is 0 Å². The first-order valence-corrected chi connectivity index (χ1v) is 11.7. The first kappa shape index (κ1) is 16.8. The number of nitrogens with zero attached hydrogens (tertiary/aromatic N) is 1. The fraction of sp³-hybridized carbons (Fsp3) is 1.00. The molecule has 8 fully saturated rings. The number of hydrogen-bond acceptors (Lipinski definition) is 3. The third-order valence-corrected chi connectivity index (χ3v) is 10.3. The molecule has 4 bridgehead atoms. The lowest BCUT2D eigenvalue weighted by Crippen LogP contribution is -2.56. The van der Waals surface area contributed by atoms with E-state index in [0.29, 0.717) is 16.6 Å². The van der Waals surface area contributed by atoms with Gasteiger partial charge in [-0.25, -0.2) is 0 Å². The first-order valence-electron chi connectivity index (χ1n) is 11.7. The van der Waals surface area contributed by atoms with Crippen molar-refractivity contribution in [3.63, 3.8) is 0 Å². The molecule has 3 aliphatic carbocycles. The summed E-state index contributed by atoms with van der Waals surface area (Å²) in [5, 5.41) is 8.08. The van der Waals surface area contributed by atoms with E-state index in [1.54, 1.807) is 0 Å². The van der Waals surface area contributed by atoms with Crippen molar-refractivity contribution in [2.45, 2.75) is 88.3 Å². The number of fused-ring (bicyclic) bond motifs is 6. The van der Waals surface area contributed by atoms with Crippen molar-refractivity contribution in [1.29, 1.82) is 0 Å². The van der Waals surface area contributed by atoms with Gasteiger partial charge in [0.05, 0.1) is 0 Å². The van der Waals surface area contributed by atoms with Gasteiger partial charge in [-0.2, -0.15) is 0 Å². The predicted octanol–water partition coefficient (Wildman–Crippen LogP) is 3.40. The molecule has 0 amide bonds. The van der Waals surface area contributed by atoms with Crippen LogP contribution in [0.2, 0.25) is 0 Å². The molecular weight excluding hydrogens is 318 g/mol. The number of rotatable bonds is 3. The molecule has 3 saturated carbocycles. The Labute approximate surface area is 160 Å². The summed E-state index contributed by atoms with van der Waals surface area (Å²) in [7, 11) is 0. The molecule has 146 valence electrons. The first-order chi connectivity index (χ1) is 12.5. The van der Waals surface area contributed by atoms with Crippen molar-refractivity contribution in [1.82, 2.24) is 15.5 Å². The minimum Gasteiger partial charge on any atom is -0.311 e. The second kappa shape index (κ2) is 5.48. The molecule has 4 atom stereocenters. The van der Waals surface area contributed by atoms with Gasteiger partial charge in [-0.1, -0.05) is 0 Å². The molecule has 8 aliphatic rings. The fourth-order valence-electron chi connectivity index (χ4n) is 8.72. The Kier molecular flexibility index (Phi) is 3.54. The average Bonchev–Trinajstić information content (AvgIpc) is 3.19. The van der Waals surface area contributed by atoms with Crippen LogP contribution in [0.25, 0.3) is 0 Å². The molecular formula is C23H39N3. The highest BCUT2D eigenvalue weighted by Gasteiger charge is 2.56. The summed E-state index contributed by atoms with van der Waals surface area (Å²) in [6, 6.07) is 0. The molecule has 0 aromatic rings. The second-order valence-electron chi connectivity index (χ2n) is 11.8. The second-order valence-corrected chi connectivity index (χ2v) is 11.8. The Bertz CT molecular complexity index is 574. The molecule has 0 aromatic carbocycles. The zero-order valence-corrected chi connectivity index (χ0v) is 17.0. The van der Waals surface area contributed by atoms with Crippen molar-refractivity contribution in [2.24, 2.45) is 29.6 Å². The third-order valence-electron chi connectivity index (χ3n) is 10.3. The number of hydrogen-bond donors (Lipinski definition) is 2. The van der Waals surface area contributed by atoms with Crippen molar-refractivity contribution < 1.29 is 0 Å². The lowest BCUT2D eigenvalue weighted by molar-refractivity contribution is 0.0782. The van der Waals surface area contributed by atoms with Gasteiger partial charge in [-0.15, -0.1) is 0 Å². The van der Waals surface area contributed by atoms with Gasteiger partial charge >= 0.3 is 0 Å². The van der Waals surface area contributed by atoms with E-state index >= 15 is 0 Å². The molecule has 5 heterocycles. The molecule has 5 saturated heterocycles. The molecule has 0 aromatic heterocycles. The average molecular weight is 358 g/mol. The zero-order valence-electron chi connectivity index (χ0n) is 17.0. The quantitative estimate of drug-likeness (QED) is 0.811. The van der Waals surface area contributed by atoms with Crippen LogP contribution in [0.15, 0.2) is 0 Å². The van der Waals surface area contributed by atoms with Crippen LogP contribution in [0.1, 0.15) is 71.6 Å². The minimum atomic E-state index is 0.447. The van der Waals surface area contributed by atoms with Gasteiger partial charge in [-0.3, -0.25) is 4.90 Å². The fourth-order valence-corrected chi connectivity index (χ4v) is 8.72. The molecule has 3 heteroatoms. The predicted molar refractivity (Wildman–Crippen MR) is 106 cm³/mol. The van der Waals surface area contributed by atoms with Crippen molar-refractivity contribution >= 4 is 0 Å². The summed E-state index contributed by atoms with van der Waals surface area (Å²) in [5.41, 5.74) is 1.48. The topological polar surface area (TPSA) is 27.3 Å².